The molecular weight excluding hydrogens is 232 g/mol. The number of hydrogen-bond donors (Lipinski definition) is 1. The molecule has 1 fully saturated rings. The molecule has 1 heterocycles. The Morgan fingerprint density at radius 2 is 2.22 bits per heavy atom. The van der Waals surface area contributed by atoms with Crippen molar-refractivity contribution in [2.75, 3.05) is 13.1 Å². The second kappa shape index (κ2) is 5.32. The van der Waals surface area contributed by atoms with Crippen molar-refractivity contribution in [3.63, 3.8) is 0 Å². The van der Waals surface area contributed by atoms with Gasteiger partial charge in [0.1, 0.15) is 0 Å². The summed E-state index contributed by atoms with van der Waals surface area (Å²) in [5, 5.41) is 2.68. The Labute approximate surface area is 106 Å². The van der Waals surface area contributed by atoms with Crippen molar-refractivity contribution in [1.82, 2.24) is 5.32 Å². The lowest BCUT2D eigenvalue weighted by molar-refractivity contribution is 0.0285. The molecule has 18 heavy (non-hydrogen) atoms. The third-order valence-electron chi connectivity index (χ3n) is 2.87. The van der Waals surface area contributed by atoms with Gasteiger partial charge in [-0.25, -0.2) is 8.78 Å². The summed E-state index contributed by atoms with van der Waals surface area (Å²) in [6.45, 7) is 2.28. The Morgan fingerprint density at radius 3 is 2.94 bits per heavy atom. The molecular formula is C15H15F2N. The minimum atomic E-state index is -2.76. The summed E-state index contributed by atoms with van der Waals surface area (Å²) in [7, 11) is 0. The summed E-state index contributed by atoms with van der Waals surface area (Å²) in [4.78, 5) is 0. The zero-order chi connectivity index (χ0) is 13.0. The first-order valence-corrected chi connectivity index (χ1v) is 5.94. The van der Waals surface area contributed by atoms with Crippen LogP contribution in [0.3, 0.4) is 0 Å². The fourth-order valence-electron chi connectivity index (χ4n) is 1.87. The lowest BCUT2D eigenvalue weighted by Crippen LogP contribution is -2.40. The zero-order valence-corrected chi connectivity index (χ0v) is 10.3. The second-order valence-corrected chi connectivity index (χ2v) is 4.44. The Hall–Kier alpha value is -1.66. The molecule has 0 amide bonds. The lowest BCUT2D eigenvalue weighted by Gasteiger charge is -2.25. The van der Waals surface area contributed by atoms with Crippen molar-refractivity contribution in [1.29, 1.82) is 0 Å². The normalized spacial score (nSPS) is 20.3. The summed E-state index contributed by atoms with van der Waals surface area (Å²) in [6, 6.07) is 7.70. The van der Waals surface area contributed by atoms with Gasteiger partial charge in [0.05, 0.1) is 6.54 Å². The van der Waals surface area contributed by atoms with Crippen molar-refractivity contribution in [3.05, 3.63) is 47.0 Å². The standard InChI is InChI=1S/C15H15F2N/c1-12-4-2-5-13(10-12)6-3-7-14-8-9-18-11-15(14,16)17/h2,4-5,7,10,18H,8-9,11H2,1H3. The van der Waals surface area contributed by atoms with Gasteiger partial charge in [0, 0.05) is 11.1 Å². The molecule has 0 unspecified atom stereocenters. The first-order chi connectivity index (χ1) is 8.58. The van der Waals surface area contributed by atoms with E-state index in [4.69, 9.17) is 0 Å². The van der Waals surface area contributed by atoms with Crippen molar-refractivity contribution in [3.8, 4) is 11.8 Å². The van der Waals surface area contributed by atoms with E-state index >= 15 is 0 Å². The zero-order valence-electron chi connectivity index (χ0n) is 10.3. The third-order valence-corrected chi connectivity index (χ3v) is 2.87. The van der Waals surface area contributed by atoms with Gasteiger partial charge < -0.3 is 5.32 Å². The van der Waals surface area contributed by atoms with Crippen molar-refractivity contribution in [2.45, 2.75) is 19.3 Å². The number of allylic oxidation sites excluding steroid dienone is 1. The third kappa shape index (κ3) is 3.18. The summed E-state index contributed by atoms with van der Waals surface area (Å²) in [6.07, 6.45) is 1.72. The van der Waals surface area contributed by atoms with E-state index in [1.165, 1.54) is 6.08 Å². The van der Waals surface area contributed by atoms with E-state index in [2.05, 4.69) is 17.2 Å². The van der Waals surface area contributed by atoms with Crippen molar-refractivity contribution in [2.24, 2.45) is 0 Å². The topological polar surface area (TPSA) is 12.0 Å². The highest BCUT2D eigenvalue weighted by molar-refractivity contribution is 5.40. The number of halogens is 2. The Bertz CT molecular complexity index is 521. The van der Waals surface area contributed by atoms with Gasteiger partial charge in [0.2, 0.25) is 0 Å². The number of benzene rings is 1. The molecule has 2 rings (SSSR count). The largest absolute Gasteiger partial charge is 0.311 e. The van der Waals surface area contributed by atoms with Gasteiger partial charge in [-0.2, -0.15) is 0 Å². The highest BCUT2D eigenvalue weighted by Gasteiger charge is 2.35. The molecule has 0 aromatic heterocycles. The quantitative estimate of drug-likeness (QED) is 0.695. The number of hydrogen-bond acceptors (Lipinski definition) is 1. The molecule has 0 atom stereocenters. The summed E-state index contributed by atoms with van der Waals surface area (Å²) in [5.41, 5.74) is 2.09. The van der Waals surface area contributed by atoms with Gasteiger partial charge in [-0.15, -0.1) is 0 Å². The second-order valence-electron chi connectivity index (χ2n) is 4.44. The van der Waals surface area contributed by atoms with Gasteiger partial charge in [0.15, 0.2) is 0 Å². The molecule has 1 aromatic rings. The van der Waals surface area contributed by atoms with E-state index in [0.29, 0.717) is 13.0 Å². The number of aryl methyl sites for hydroxylation is 1. The lowest BCUT2D eigenvalue weighted by atomic mass is 10.0. The van der Waals surface area contributed by atoms with E-state index < -0.39 is 5.92 Å². The molecule has 1 aliphatic heterocycles. The summed E-state index contributed by atoms with van der Waals surface area (Å²) >= 11 is 0. The average Bonchev–Trinajstić information content (AvgIpc) is 2.31. The predicted molar refractivity (Wildman–Crippen MR) is 68.6 cm³/mol. The fraction of sp³-hybridized carbons (Fsp3) is 0.333. The molecule has 0 saturated carbocycles. The van der Waals surface area contributed by atoms with Crippen LogP contribution in [-0.4, -0.2) is 19.0 Å². The molecule has 0 bridgehead atoms. The molecule has 94 valence electrons. The SMILES string of the molecule is Cc1cccc(C#CC=C2CCNCC2(F)F)c1. The Kier molecular flexibility index (Phi) is 3.78. The highest BCUT2D eigenvalue weighted by atomic mass is 19.3. The van der Waals surface area contributed by atoms with Crippen LogP contribution in [0.4, 0.5) is 8.78 Å². The molecule has 1 N–H and O–H groups in total. The molecule has 0 spiro atoms. The number of piperidine rings is 1. The fourth-order valence-corrected chi connectivity index (χ4v) is 1.87. The predicted octanol–water partition coefficient (Wildman–Crippen LogP) is 2.90. The average molecular weight is 247 g/mol. The number of alkyl halides is 2. The molecule has 3 heteroatoms. The smallest absolute Gasteiger partial charge is 0.282 e. The monoisotopic (exact) mass is 247 g/mol. The minimum Gasteiger partial charge on any atom is -0.311 e. The van der Waals surface area contributed by atoms with Crippen molar-refractivity contribution >= 4 is 0 Å². The van der Waals surface area contributed by atoms with Crippen LogP contribution in [0.5, 0.6) is 0 Å². The molecule has 1 aliphatic rings. The molecule has 0 aliphatic carbocycles. The molecule has 1 nitrogen and oxygen atoms in total. The summed E-state index contributed by atoms with van der Waals surface area (Å²) in [5.74, 6) is 2.86. The van der Waals surface area contributed by atoms with Gasteiger partial charge in [0.25, 0.3) is 5.92 Å². The van der Waals surface area contributed by atoms with E-state index in [0.717, 1.165) is 11.1 Å². The minimum absolute atomic E-state index is 0.126. The Balaban J connectivity index is 2.15. The maximum Gasteiger partial charge on any atom is 0.282 e. The number of nitrogens with one attached hydrogen (secondary N) is 1. The molecule has 1 aromatic carbocycles. The summed E-state index contributed by atoms with van der Waals surface area (Å²) < 4.78 is 26.9. The first kappa shape index (κ1) is 12.8. The van der Waals surface area contributed by atoms with Gasteiger partial charge >= 0.3 is 0 Å². The van der Waals surface area contributed by atoms with E-state index in [9.17, 15) is 8.78 Å². The van der Waals surface area contributed by atoms with Crippen LogP contribution in [0.2, 0.25) is 0 Å². The van der Waals surface area contributed by atoms with E-state index in [-0.39, 0.29) is 12.1 Å². The first-order valence-electron chi connectivity index (χ1n) is 5.94. The molecule has 1 saturated heterocycles. The highest BCUT2D eigenvalue weighted by Crippen LogP contribution is 2.28. The number of rotatable bonds is 0. The van der Waals surface area contributed by atoms with Gasteiger partial charge in [-0.1, -0.05) is 24.0 Å². The van der Waals surface area contributed by atoms with Crippen LogP contribution >= 0.6 is 0 Å². The van der Waals surface area contributed by atoms with Crippen LogP contribution in [-0.2, 0) is 0 Å². The van der Waals surface area contributed by atoms with Gasteiger partial charge in [-0.05, 0) is 43.7 Å². The van der Waals surface area contributed by atoms with Crippen molar-refractivity contribution < 1.29 is 8.78 Å². The van der Waals surface area contributed by atoms with E-state index in [1.54, 1.807) is 0 Å². The maximum atomic E-state index is 13.5. The van der Waals surface area contributed by atoms with Crippen LogP contribution < -0.4 is 5.32 Å². The van der Waals surface area contributed by atoms with Crippen LogP contribution in [0, 0.1) is 18.8 Å². The van der Waals surface area contributed by atoms with Crippen LogP contribution in [0.1, 0.15) is 17.5 Å². The van der Waals surface area contributed by atoms with Crippen LogP contribution in [0.15, 0.2) is 35.9 Å². The Morgan fingerprint density at radius 1 is 1.39 bits per heavy atom. The van der Waals surface area contributed by atoms with Crippen LogP contribution in [0.25, 0.3) is 0 Å². The van der Waals surface area contributed by atoms with E-state index in [1.807, 2.05) is 31.2 Å². The molecule has 0 radical (unpaired) electrons. The van der Waals surface area contributed by atoms with Gasteiger partial charge in [-0.3, -0.25) is 0 Å². The maximum absolute atomic E-state index is 13.5.